The molecule has 0 unspecified atom stereocenters. The number of urea groups is 1. The maximum atomic E-state index is 12.1. The summed E-state index contributed by atoms with van der Waals surface area (Å²) in [5.41, 5.74) is 3.60. The molecule has 2 aromatic carbocycles. The highest BCUT2D eigenvalue weighted by molar-refractivity contribution is 6.01. The minimum atomic E-state index is -0.432. The highest BCUT2D eigenvalue weighted by Gasteiger charge is 2.27. The first-order valence-corrected chi connectivity index (χ1v) is 13.0. The van der Waals surface area contributed by atoms with Gasteiger partial charge in [-0.05, 0) is 61.2 Å². The van der Waals surface area contributed by atoms with Gasteiger partial charge in [-0.25, -0.2) is 9.78 Å². The number of carbonyl (C=O) groups is 2. The van der Waals surface area contributed by atoms with Gasteiger partial charge in [-0.15, -0.1) is 0 Å². The molecule has 38 heavy (non-hydrogen) atoms. The average Bonchev–Trinajstić information content (AvgIpc) is 3.55. The number of nitrogens with one attached hydrogen (secondary N) is 2. The van der Waals surface area contributed by atoms with E-state index in [1.165, 1.54) is 42.0 Å². The molecule has 2 aliphatic heterocycles. The van der Waals surface area contributed by atoms with Crippen LogP contribution in [0.25, 0.3) is 0 Å². The zero-order valence-corrected chi connectivity index (χ0v) is 21.7. The fourth-order valence-corrected chi connectivity index (χ4v) is 4.70. The van der Waals surface area contributed by atoms with E-state index < -0.39 is 6.03 Å². The third-order valence-electron chi connectivity index (χ3n) is 6.80. The van der Waals surface area contributed by atoms with E-state index in [2.05, 4.69) is 54.8 Å². The number of amides is 3. The van der Waals surface area contributed by atoms with Gasteiger partial charge in [0.25, 0.3) is 0 Å². The molecule has 0 radical (unpaired) electrons. The Morgan fingerprint density at radius 2 is 1.53 bits per heavy atom. The van der Waals surface area contributed by atoms with Crippen LogP contribution in [-0.2, 0) is 37.3 Å². The summed E-state index contributed by atoms with van der Waals surface area (Å²) < 4.78 is 5.23. The zero-order valence-electron chi connectivity index (χ0n) is 21.7. The lowest BCUT2D eigenvalue weighted by Gasteiger charge is -2.15. The van der Waals surface area contributed by atoms with Crippen LogP contribution in [0, 0.1) is 0 Å². The fourth-order valence-electron chi connectivity index (χ4n) is 4.70. The predicted molar refractivity (Wildman–Crippen MR) is 142 cm³/mol. The Balaban J connectivity index is 1.26. The normalized spacial score (nSPS) is 15.7. The number of hydrogen-bond donors (Lipinski definition) is 2. The molecule has 0 bridgehead atoms. The van der Waals surface area contributed by atoms with E-state index in [-0.39, 0.29) is 19.0 Å². The number of aryl methyl sites for hydroxylation is 2. The molecule has 2 N–H and O–H groups in total. The van der Waals surface area contributed by atoms with Crippen LogP contribution in [0.2, 0.25) is 0 Å². The molecule has 198 valence electrons. The largest absolute Gasteiger partial charge is 0.497 e. The molecule has 3 amide bonds. The van der Waals surface area contributed by atoms with Crippen LogP contribution >= 0.6 is 0 Å². The molecular formula is C28H33N7O3. The molecule has 0 aliphatic carbocycles. The molecule has 2 aliphatic rings. The van der Waals surface area contributed by atoms with Crippen molar-refractivity contribution in [1.82, 2.24) is 30.1 Å². The van der Waals surface area contributed by atoms with Gasteiger partial charge in [0.05, 0.1) is 13.7 Å². The van der Waals surface area contributed by atoms with Crippen molar-refractivity contribution in [2.45, 2.75) is 45.3 Å². The highest BCUT2D eigenvalue weighted by Crippen LogP contribution is 2.16. The Bertz CT molecular complexity index is 1260. The van der Waals surface area contributed by atoms with Gasteiger partial charge in [0.2, 0.25) is 11.9 Å². The lowest BCUT2D eigenvalue weighted by molar-refractivity contribution is -0.118. The van der Waals surface area contributed by atoms with Crippen molar-refractivity contribution in [3.05, 3.63) is 76.9 Å². The Hall–Kier alpha value is -4.05. The quantitative estimate of drug-likeness (QED) is 0.375. The van der Waals surface area contributed by atoms with E-state index in [0.29, 0.717) is 30.6 Å². The van der Waals surface area contributed by atoms with E-state index >= 15 is 0 Å². The smallest absolute Gasteiger partial charge is 0.324 e. The number of hydrogen-bond acceptors (Lipinski definition) is 8. The Labute approximate surface area is 222 Å². The SMILES string of the molecule is COc1ccc(CNc2nc(CCc3ccc(CN4CCCC4)cc3)nc(CN3CC(=O)NC3=O)n2)cc1. The topological polar surface area (TPSA) is 113 Å². The number of aromatic nitrogens is 3. The number of benzene rings is 2. The summed E-state index contributed by atoms with van der Waals surface area (Å²) >= 11 is 0. The van der Waals surface area contributed by atoms with Crippen LogP contribution in [0.4, 0.5) is 10.7 Å². The van der Waals surface area contributed by atoms with Crippen molar-refractivity contribution in [2.75, 3.05) is 32.1 Å². The monoisotopic (exact) mass is 515 g/mol. The first-order valence-electron chi connectivity index (χ1n) is 13.0. The second-order valence-corrected chi connectivity index (χ2v) is 9.70. The molecule has 2 saturated heterocycles. The summed E-state index contributed by atoms with van der Waals surface area (Å²) in [6.45, 7) is 4.03. The number of methoxy groups -OCH3 is 1. The highest BCUT2D eigenvalue weighted by atomic mass is 16.5. The number of carbonyl (C=O) groups excluding carboxylic acids is 2. The second kappa shape index (κ2) is 12.0. The molecular weight excluding hydrogens is 482 g/mol. The molecule has 2 fully saturated rings. The van der Waals surface area contributed by atoms with Gasteiger partial charge in [0.15, 0.2) is 5.82 Å². The van der Waals surface area contributed by atoms with Gasteiger partial charge in [-0.3, -0.25) is 15.0 Å². The van der Waals surface area contributed by atoms with Gasteiger partial charge in [0, 0.05) is 19.5 Å². The second-order valence-electron chi connectivity index (χ2n) is 9.70. The van der Waals surface area contributed by atoms with Crippen molar-refractivity contribution in [2.24, 2.45) is 0 Å². The summed E-state index contributed by atoms with van der Waals surface area (Å²) in [6.07, 6.45) is 4.00. The molecule has 3 heterocycles. The van der Waals surface area contributed by atoms with Crippen LogP contribution < -0.4 is 15.4 Å². The number of anilines is 1. The van der Waals surface area contributed by atoms with E-state index in [1.807, 2.05) is 24.3 Å². The van der Waals surface area contributed by atoms with Crippen LogP contribution in [0.5, 0.6) is 5.75 Å². The fraction of sp³-hybridized carbons (Fsp3) is 0.393. The summed E-state index contributed by atoms with van der Waals surface area (Å²) in [7, 11) is 1.64. The molecule has 0 saturated carbocycles. The number of rotatable bonds is 11. The van der Waals surface area contributed by atoms with Crippen molar-refractivity contribution in [1.29, 1.82) is 0 Å². The maximum absolute atomic E-state index is 12.1. The van der Waals surface area contributed by atoms with E-state index in [4.69, 9.17) is 4.74 Å². The molecule has 5 rings (SSSR count). The van der Waals surface area contributed by atoms with Gasteiger partial charge < -0.3 is 15.0 Å². The number of nitrogens with zero attached hydrogens (tertiary/aromatic N) is 5. The minimum Gasteiger partial charge on any atom is -0.497 e. The van der Waals surface area contributed by atoms with Crippen molar-refractivity contribution in [3.8, 4) is 5.75 Å². The lowest BCUT2D eigenvalue weighted by Crippen LogP contribution is -2.29. The summed E-state index contributed by atoms with van der Waals surface area (Å²) in [5.74, 6) is 1.99. The number of ether oxygens (including phenoxy) is 1. The summed E-state index contributed by atoms with van der Waals surface area (Å²) in [4.78, 5) is 41.4. The molecule has 0 spiro atoms. The third kappa shape index (κ3) is 6.83. The Morgan fingerprint density at radius 3 is 2.21 bits per heavy atom. The van der Waals surface area contributed by atoms with Crippen LogP contribution in [-0.4, -0.2) is 63.4 Å². The van der Waals surface area contributed by atoms with Crippen LogP contribution in [0.1, 0.15) is 41.2 Å². The minimum absolute atomic E-state index is 0.00175. The standard InChI is InChI=1S/C28H33N7O3/c1-38-23-11-8-21(9-12-23)16-29-27-31-24(30-25(32-27)18-35-19-26(36)33-28(35)37)13-10-20-4-6-22(7-5-20)17-34-14-2-3-15-34/h4-9,11-12H,2-3,10,13-19H2,1H3,(H,33,36,37)(H,29,30,31,32). The maximum Gasteiger partial charge on any atom is 0.324 e. The Kier molecular flexibility index (Phi) is 8.08. The van der Waals surface area contributed by atoms with Gasteiger partial charge in [-0.1, -0.05) is 36.4 Å². The lowest BCUT2D eigenvalue weighted by atomic mass is 10.1. The number of imide groups is 1. The molecule has 1 aromatic heterocycles. The molecule has 10 nitrogen and oxygen atoms in total. The third-order valence-corrected chi connectivity index (χ3v) is 6.80. The van der Waals surface area contributed by atoms with Crippen molar-refractivity contribution < 1.29 is 14.3 Å². The summed E-state index contributed by atoms with van der Waals surface area (Å²) in [6, 6.07) is 16.1. The summed E-state index contributed by atoms with van der Waals surface area (Å²) in [5, 5.41) is 5.56. The zero-order chi connectivity index (χ0) is 26.3. The van der Waals surface area contributed by atoms with E-state index in [0.717, 1.165) is 24.3 Å². The van der Waals surface area contributed by atoms with Crippen LogP contribution in [0.15, 0.2) is 48.5 Å². The first kappa shape index (κ1) is 25.6. The van der Waals surface area contributed by atoms with E-state index in [9.17, 15) is 9.59 Å². The molecule has 10 heteroatoms. The van der Waals surface area contributed by atoms with Gasteiger partial charge >= 0.3 is 6.03 Å². The van der Waals surface area contributed by atoms with E-state index in [1.54, 1.807) is 7.11 Å². The Morgan fingerprint density at radius 1 is 0.842 bits per heavy atom. The molecule has 3 aromatic rings. The predicted octanol–water partition coefficient (Wildman–Crippen LogP) is 2.93. The first-order chi connectivity index (χ1) is 18.5. The molecule has 0 atom stereocenters. The van der Waals surface area contributed by atoms with Crippen molar-refractivity contribution in [3.63, 3.8) is 0 Å². The van der Waals surface area contributed by atoms with Crippen LogP contribution in [0.3, 0.4) is 0 Å². The van der Waals surface area contributed by atoms with Crippen molar-refractivity contribution >= 4 is 17.9 Å². The number of likely N-dealkylation sites (tertiary alicyclic amines) is 1. The van der Waals surface area contributed by atoms with Gasteiger partial charge in [0.1, 0.15) is 18.1 Å². The average molecular weight is 516 g/mol. The van der Waals surface area contributed by atoms with Gasteiger partial charge in [-0.2, -0.15) is 9.97 Å².